The fraction of sp³-hybridized carbons (Fsp3) is 0.417. The average molecular weight is 271 g/mol. The van der Waals surface area contributed by atoms with Crippen LogP contribution in [0, 0.1) is 0 Å². The van der Waals surface area contributed by atoms with Crippen LogP contribution in [0.25, 0.3) is 0 Å². The molecule has 0 saturated heterocycles. The minimum atomic E-state index is -3.42. The smallest absolute Gasteiger partial charge is 0.310 e. The summed E-state index contributed by atoms with van der Waals surface area (Å²) in [5, 5.41) is 0. The molecule has 0 aromatic heterocycles. The highest BCUT2D eigenvalue weighted by molar-refractivity contribution is 7.89. The maximum absolute atomic E-state index is 11.8. The van der Waals surface area contributed by atoms with E-state index >= 15 is 0 Å². The summed E-state index contributed by atoms with van der Waals surface area (Å²) in [7, 11) is -0.467. The van der Waals surface area contributed by atoms with Gasteiger partial charge in [0.15, 0.2) is 0 Å². The fourth-order valence-electron chi connectivity index (χ4n) is 1.37. The first kappa shape index (κ1) is 14.7. The third-order valence-corrected chi connectivity index (χ3v) is 4.19. The first-order valence-corrected chi connectivity index (χ1v) is 6.99. The second kappa shape index (κ2) is 5.97. The Hall–Kier alpha value is -1.40. The van der Waals surface area contributed by atoms with Crippen LogP contribution >= 0.6 is 0 Å². The molecule has 1 aromatic carbocycles. The van der Waals surface area contributed by atoms with Crippen LogP contribution < -0.4 is 0 Å². The zero-order chi connectivity index (χ0) is 13.8. The third-order valence-electron chi connectivity index (χ3n) is 2.36. The van der Waals surface area contributed by atoms with Crippen LogP contribution in [-0.4, -0.2) is 39.4 Å². The number of hydrogen-bond donors (Lipinski definition) is 0. The zero-order valence-electron chi connectivity index (χ0n) is 10.7. The first-order valence-electron chi connectivity index (χ1n) is 5.55. The fourth-order valence-corrected chi connectivity index (χ4v) is 2.27. The summed E-state index contributed by atoms with van der Waals surface area (Å²) < 4.78 is 29.6. The quantitative estimate of drug-likeness (QED) is 0.751. The highest BCUT2D eigenvalue weighted by Gasteiger charge is 2.16. The number of carbonyl (C=O) groups is 1. The minimum Gasteiger partial charge on any atom is -0.466 e. The number of rotatable bonds is 5. The van der Waals surface area contributed by atoms with Crippen LogP contribution in [0.15, 0.2) is 29.2 Å². The summed E-state index contributed by atoms with van der Waals surface area (Å²) in [6, 6.07) is 6.22. The molecule has 1 rings (SSSR count). The molecule has 0 atom stereocenters. The van der Waals surface area contributed by atoms with E-state index in [1.54, 1.807) is 19.1 Å². The molecule has 0 spiro atoms. The largest absolute Gasteiger partial charge is 0.466 e. The van der Waals surface area contributed by atoms with E-state index in [-0.39, 0.29) is 17.3 Å². The average Bonchev–Trinajstić information content (AvgIpc) is 2.29. The standard InChI is InChI=1S/C12H17NO4S/c1-4-17-12(14)9-10-5-7-11(8-6-10)18(15,16)13(2)3/h5-8H,4,9H2,1-3H3. The van der Waals surface area contributed by atoms with E-state index in [0.717, 1.165) is 9.87 Å². The van der Waals surface area contributed by atoms with Gasteiger partial charge in [-0.25, -0.2) is 12.7 Å². The van der Waals surface area contributed by atoms with Crippen molar-refractivity contribution in [1.82, 2.24) is 4.31 Å². The zero-order valence-corrected chi connectivity index (χ0v) is 11.5. The molecule has 0 bridgehead atoms. The number of sulfonamides is 1. The van der Waals surface area contributed by atoms with Crippen molar-refractivity contribution in [2.45, 2.75) is 18.2 Å². The molecule has 0 aliphatic heterocycles. The van der Waals surface area contributed by atoms with Gasteiger partial charge >= 0.3 is 5.97 Å². The molecule has 0 radical (unpaired) electrons. The lowest BCUT2D eigenvalue weighted by molar-refractivity contribution is -0.142. The molecule has 1 aromatic rings. The molecule has 0 heterocycles. The third kappa shape index (κ3) is 3.54. The van der Waals surface area contributed by atoms with Crippen LogP contribution in [-0.2, 0) is 26.0 Å². The Labute approximate surface area is 107 Å². The highest BCUT2D eigenvalue weighted by Crippen LogP contribution is 2.14. The van der Waals surface area contributed by atoms with Crippen LogP contribution in [0.3, 0.4) is 0 Å². The van der Waals surface area contributed by atoms with Crippen LogP contribution in [0.5, 0.6) is 0 Å². The maximum Gasteiger partial charge on any atom is 0.310 e. The van der Waals surface area contributed by atoms with Gasteiger partial charge in [-0.05, 0) is 24.6 Å². The number of ether oxygens (including phenoxy) is 1. The van der Waals surface area contributed by atoms with Crippen molar-refractivity contribution in [3.63, 3.8) is 0 Å². The van der Waals surface area contributed by atoms with Crippen molar-refractivity contribution in [2.75, 3.05) is 20.7 Å². The topological polar surface area (TPSA) is 63.7 Å². The Morgan fingerprint density at radius 2 is 1.78 bits per heavy atom. The molecule has 0 aliphatic rings. The summed E-state index contributed by atoms with van der Waals surface area (Å²) in [6.07, 6.45) is 0.149. The van der Waals surface area contributed by atoms with Crippen molar-refractivity contribution >= 4 is 16.0 Å². The van der Waals surface area contributed by atoms with Gasteiger partial charge in [-0.3, -0.25) is 4.79 Å². The Morgan fingerprint density at radius 3 is 2.22 bits per heavy atom. The first-order chi connectivity index (χ1) is 8.37. The Morgan fingerprint density at radius 1 is 1.22 bits per heavy atom. The molecule has 5 nitrogen and oxygen atoms in total. The van der Waals surface area contributed by atoms with E-state index in [4.69, 9.17) is 4.74 Å². The summed E-state index contributed by atoms with van der Waals surface area (Å²) in [5.41, 5.74) is 0.728. The molecule has 0 saturated carbocycles. The summed E-state index contributed by atoms with van der Waals surface area (Å²) in [6.45, 7) is 2.08. The molecule has 0 aliphatic carbocycles. The van der Waals surface area contributed by atoms with Gasteiger partial charge in [0.2, 0.25) is 10.0 Å². The van der Waals surface area contributed by atoms with E-state index in [9.17, 15) is 13.2 Å². The lowest BCUT2D eigenvalue weighted by Crippen LogP contribution is -2.22. The second-order valence-corrected chi connectivity index (χ2v) is 6.07. The number of hydrogen-bond acceptors (Lipinski definition) is 4. The van der Waals surface area contributed by atoms with Gasteiger partial charge in [-0.15, -0.1) is 0 Å². The SMILES string of the molecule is CCOC(=O)Cc1ccc(S(=O)(=O)N(C)C)cc1. The second-order valence-electron chi connectivity index (χ2n) is 3.91. The summed E-state index contributed by atoms with van der Waals surface area (Å²) in [5.74, 6) is -0.319. The predicted octanol–water partition coefficient (Wildman–Crippen LogP) is 1.04. The maximum atomic E-state index is 11.8. The monoisotopic (exact) mass is 271 g/mol. The van der Waals surface area contributed by atoms with Crippen LogP contribution in [0.2, 0.25) is 0 Å². The van der Waals surface area contributed by atoms with Gasteiger partial charge in [0.1, 0.15) is 0 Å². The Kier molecular flexibility index (Phi) is 4.86. The molecule has 0 fully saturated rings. The normalized spacial score (nSPS) is 11.6. The molecular weight excluding hydrogens is 254 g/mol. The van der Waals surface area contributed by atoms with Gasteiger partial charge < -0.3 is 4.74 Å². The molecule has 0 unspecified atom stereocenters. The van der Waals surface area contributed by atoms with Crippen molar-refractivity contribution in [3.05, 3.63) is 29.8 Å². The van der Waals surface area contributed by atoms with Gasteiger partial charge in [-0.2, -0.15) is 0 Å². The van der Waals surface area contributed by atoms with Gasteiger partial charge in [0.05, 0.1) is 17.9 Å². The van der Waals surface area contributed by atoms with E-state index in [2.05, 4.69) is 0 Å². The van der Waals surface area contributed by atoms with Crippen molar-refractivity contribution in [2.24, 2.45) is 0 Å². The van der Waals surface area contributed by atoms with Crippen LogP contribution in [0.4, 0.5) is 0 Å². The predicted molar refractivity (Wildman–Crippen MR) is 67.7 cm³/mol. The number of benzene rings is 1. The van der Waals surface area contributed by atoms with E-state index < -0.39 is 10.0 Å². The summed E-state index contributed by atoms with van der Waals surface area (Å²) >= 11 is 0. The van der Waals surface area contributed by atoms with Gasteiger partial charge in [-0.1, -0.05) is 12.1 Å². The highest BCUT2D eigenvalue weighted by atomic mass is 32.2. The lowest BCUT2D eigenvalue weighted by atomic mass is 10.1. The summed E-state index contributed by atoms with van der Waals surface area (Å²) in [4.78, 5) is 11.5. The van der Waals surface area contributed by atoms with Crippen molar-refractivity contribution in [1.29, 1.82) is 0 Å². The van der Waals surface area contributed by atoms with E-state index in [1.165, 1.54) is 26.2 Å². The molecule has 0 N–H and O–H groups in total. The van der Waals surface area contributed by atoms with Crippen LogP contribution in [0.1, 0.15) is 12.5 Å². The van der Waals surface area contributed by atoms with Crippen molar-refractivity contribution in [3.8, 4) is 0 Å². The Balaban J connectivity index is 2.84. The molecule has 0 amide bonds. The van der Waals surface area contributed by atoms with Gasteiger partial charge in [0, 0.05) is 14.1 Å². The molecule has 6 heteroatoms. The lowest BCUT2D eigenvalue weighted by Gasteiger charge is -2.11. The number of carbonyl (C=O) groups excluding carboxylic acids is 1. The molecule has 18 heavy (non-hydrogen) atoms. The molecule has 100 valence electrons. The Bertz CT molecular complexity index is 505. The van der Waals surface area contributed by atoms with E-state index in [1.807, 2.05) is 0 Å². The number of esters is 1. The van der Waals surface area contributed by atoms with E-state index in [0.29, 0.717) is 6.61 Å². The van der Waals surface area contributed by atoms with Crippen molar-refractivity contribution < 1.29 is 17.9 Å². The molecular formula is C12H17NO4S. The number of nitrogens with zero attached hydrogens (tertiary/aromatic N) is 1. The minimum absolute atomic E-state index is 0.149. The van der Waals surface area contributed by atoms with Gasteiger partial charge in [0.25, 0.3) is 0 Å².